The Bertz CT molecular complexity index is 294. The van der Waals surface area contributed by atoms with Crippen molar-refractivity contribution in [2.24, 2.45) is 0 Å². The molecule has 1 aromatic heterocycles. The smallest absolute Gasteiger partial charge is 0.309 e. The van der Waals surface area contributed by atoms with Gasteiger partial charge in [0.2, 0.25) is 0 Å². The Balaban J connectivity index is 2.38. The van der Waals surface area contributed by atoms with Crippen LogP contribution in [0.2, 0.25) is 0 Å². The zero-order valence-corrected chi connectivity index (χ0v) is 8.44. The molecule has 1 heterocycles. The maximum atomic E-state index is 10.4. The number of hydrogen-bond donors (Lipinski definition) is 1. The van der Waals surface area contributed by atoms with Crippen molar-refractivity contribution in [3.8, 4) is 0 Å². The highest BCUT2D eigenvalue weighted by Crippen LogP contribution is 2.01. The molecule has 0 radical (unpaired) electrons. The first-order chi connectivity index (χ1) is 6.72. The van der Waals surface area contributed by atoms with Crippen molar-refractivity contribution in [1.29, 1.82) is 0 Å². The van der Waals surface area contributed by atoms with Gasteiger partial charge in [-0.05, 0) is 6.42 Å². The summed E-state index contributed by atoms with van der Waals surface area (Å²) < 4.78 is 1.95. The van der Waals surface area contributed by atoms with Crippen molar-refractivity contribution in [3.05, 3.63) is 18.2 Å². The van der Waals surface area contributed by atoms with Gasteiger partial charge in [0.25, 0.3) is 0 Å². The van der Waals surface area contributed by atoms with E-state index in [0.717, 1.165) is 13.0 Å². The van der Waals surface area contributed by atoms with E-state index in [4.69, 9.17) is 5.11 Å². The second kappa shape index (κ2) is 5.42. The minimum absolute atomic E-state index is 0.0147. The third-order valence-electron chi connectivity index (χ3n) is 2.04. The van der Waals surface area contributed by atoms with Crippen LogP contribution in [0.4, 0.5) is 0 Å². The summed E-state index contributed by atoms with van der Waals surface area (Å²) in [6.45, 7) is 3.09. The molecule has 4 heteroatoms. The molecule has 14 heavy (non-hydrogen) atoms. The maximum absolute atomic E-state index is 10.4. The number of hydrogen-bond acceptors (Lipinski definition) is 2. The summed E-state index contributed by atoms with van der Waals surface area (Å²) in [6.07, 6.45) is 7.04. The molecule has 0 amide bonds. The number of carboxylic acid groups (broad SMARTS) is 1. The minimum atomic E-state index is -0.830. The SMILES string of the molecule is CCCCCn1cnc(CC(=O)O)c1. The van der Waals surface area contributed by atoms with E-state index in [1.165, 1.54) is 12.8 Å². The molecule has 0 spiro atoms. The van der Waals surface area contributed by atoms with E-state index in [0.29, 0.717) is 5.69 Å². The standard InChI is InChI=1S/C10H16N2O2/c1-2-3-4-5-12-7-9(11-8-12)6-10(13)14/h7-8H,2-6H2,1H3,(H,13,14). The summed E-state index contributed by atoms with van der Waals surface area (Å²) in [7, 11) is 0. The summed E-state index contributed by atoms with van der Waals surface area (Å²) in [5.74, 6) is -0.830. The van der Waals surface area contributed by atoms with Crippen molar-refractivity contribution in [3.63, 3.8) is 0 Å². The van der Waals surface area contributed by atoms with E-state index in [1.54, 1.807) is 6.33 Å². The Morgan fingerprint density at radius 2 is 2.36 bits per heavy atom. The predicted molar refractivity (Wildman–Crippen MR) is 53.1 cm³/mol. The molecular weight excluding hydrogens is 180 g/mol. The zero-order valence-electron chi connectivity index (χ0n) is 8.44. The van der Waals surface area contributed by atoms with Gasteiger partial charge in [0, 0.05) is 12.7 Å². The molecular formula is C10H16N2O2. The largest absolute Gasteiger partial charge is 0.481 e. The lowest BCUT2D eigenvalue weighted by Gasteiger charge is -1.99. The average Bonchev–Trinajstić information content (AvgIpc) is 2.52. The molecule has 0 saturated heterocycles. The summed E-state index contributed by atoms with van der Waals surface area (Å²) >= 11 is 0. The molecule has 0 unspecified atom stereocenters. The lowest BCUT2D eigenvalue weighted by molar-refractivity contribution is -0.136. The Kier molecular flexibility index (Phi) is 4.16. The van der Waals surface area contributed by atoms with Gasteiger partial charge in [-0.1, -0.05) is 19.8 Å². The lowest BCUT2D eigenvalue weighted by atomic mass is 10.2. The van der Waals surface area contributed by atoms with Crippen molar-refractivity contribution < 1.29 is 9.90 Å². The molecule has 0 saturated carbocycles. The Labute approximate surface area is 83.6 Å². The number of aliphatic carboxylic acids is 1. The molecule has 1 rings (SSSR count). The second-order valence-electron chi connectivity index (χ2n) is 3.38. The zero-order chi connectivity index (χ0) is 10.4. The fourth-order valence-corrected chi connectivity index (χ4v) is 1.32. The van der Waals surface area contributed by atoms with E-state index in [2.05, 4.69) is 11.9 Å². The number of aryl methyl sites for hydroxylation is 1. The van der Waals surface area contributed by atoms with Gasteiger partial charge in [0.1, 0.15) is 0 Å². The van der Waals surface area contributed by atoms with Crippen molar-refractivity contribution in [2.75, 3.05) is 0 Å². The van der Waals surface area contributed by atoms with Crippen LogP contribution in [0.5, 0.6) is 0 Å². The van der Waals surface area contributed by atoms with Gasteiger partial charge in [0.05, 0.1) is 18.4 Å². The van der Waals surface area contributed by atoms with Gasteiger partial charge in [0.15, 0.2) is 0 Å². The number of carboxylic acids is 1. The van der Waals surface area contributed by atoms with Crippen LogP contribution in [0.1, 0.15) is 31.9 Å². The van der Waals surface area contributed by atoms with Gasteiger partial charge in [-0.15, -0.1) is 0 Å². The highest BCUT2D eigenvalue weighted by atomic mass is 16.4. The molecule has 0 bridgehead atoms. The topological polar surface area (TPSA) is 55.1 Å². The molecule has 4 nitrogen and oxygen atoms in total. The first-order valence-corrected chi connectivity index (χ1v) is 4.95. The fraction of sp³-hybridized carbons (Fsp3) is 0.600. The van der Waals surface area contributed by atoms with Gasteiger partial charge >= 0.3 is 5.97 Å². The summed E-state index contributed by atoms with van der Waals surface area (Å²) in [6, 6.07) is 0. The third kappa shape index (κ3) is 3.60. The third-order valence-corrected chi connectivity index (χ3v) is 2.04. The van der Waals surface area contributed by atoms with E-state index >= 15 is 0 Å². The van der Waals surface area contributed by atoms with Crippen molar-refractivity contribution in [2.45, 2.75) is 39.2 Å². The number of rotatable bonds is 6. The first kappa shape index (κ1) is 10.8. The van der Waals surface area contributed by atoms with Crippen LogP contribution in [0.3, 0.4) is 0 Å². The van der Waals surface area contributed by atoms with Crippen LogP contribution in [-0.2, 0) is 17.8 Å². The second-order valence-corrected chi connectivity index (χ2v) is 3.38. The van der Waals surface area contributed by atoms with Crippen LogP contribution in [0.15, 0.2) is 12.5 Å². The van der Waals surface area contributed by atoms with E-state index in [9.17, 15) is 4.79 Å². The summed E-state index contributed by atoms with van der Waals surface area (Å²) in [4.78, 5) is 14.4. The summed E-state index contributed by atoms with van der Waals surface area (Å²) in [5, 5.41) is 8.54. The number of carbonyl (C=O) groups is 1. The number of aromatic nitrogens is 2. The van der Waals surface area contributed by atoms with Gasteiger partial charge in [-0.25, -0.2) is 4.98 Å². The number of nitrogens with zero attached hydrogens (tertiary/aromatic N) is 2. The predicted octanol–water partition coefficient (Wildman–Crippen LogP) is 1.70. The van der Waals surface area contributed by atoms with Gasteiger partial charge < -0.3 is 9.67 Å². The van der Waals surface area contributed by atoms with Crippen LogP contribution < -0.4 is 0 Å². The Hall–Kier alpha value is -1.32. The van der Waals surface area contributed by atoms with E-state index < -0.39 is 5.97 Å². The molecule has 0 fully saturated rings. The monoisotopic (exact) mass is 196 g/mol. The van der Waals surface area contributed by atoms with Crippen LogP contribution >= 0.6 is 0 Å². The molecule has 1 aromatic rings. The van der Waals surface area contributed by atoms with E-state index in [-0.39, 0.29) is 6.42 Å². The highest BCUT2D eigenvalue weighted by Gasteiger charge is 2.03. The summed E-state index contributed by atoms with van der Waals surface area (Å²) in [5.41, 5.74) is 0.633. The molecule has 78 valence electrons. The lowest BCUT2D eigenvalue weighted by Crippen LogP contribution is -2.00. The van der Waals surface area contributed by atoms with Crippen LogP contribution in [0, 0.1) is 0 Å². The normalized spacial score (nSPS) is 10.4. The Morgan fingerprint density at radius 1 is 1.57 bits per heavy atom. The average molecular weight is 196 g/mol. The van der Waals surface area contributed by atoms with Crippen LogP contribution in [-0.4, -0.2) is 20.6 Å². The minimum Gasteiger partial charge on any atom is -0.481 e. The quantitative estimate of drug-likeness (QED) is 0.704. The van der Waals surface area contributed by atoms with Gasteiger partial charge in [-0.3, -0.25) is 4.79 Å². The molecule has 0 aliphatic carbocycles. The molecule has 0 aliphatic rings. The van der Waals surface area contributed by atoms with Crippen molar-refractivity contribution in [1.82, 2.24) is 9.55 Å². The Morgan fingerprint density at radius 3 is 3.00 bits per heavy atom. The van der Waals surface area contributed by atoms with E-state index in [1.807, 2.05) is 10.8 Å². The number of imidazole rings is 1. The molecule has 0 aromatic carbocycles. The maximum Gasteiger partial charge on any atom is 0.309 e. The first-order valence-electron chi connectivity index (χ1n) is 4.95. The van der Waals surface area contributed by atoms with Crippen molar-refractivity contribution >= 4 is 5.97 Å². The highest BCUT2D eigenvalue weighted by molar-refractivity contribution is 5.69. The number of unbranched alkanes of at least 4 members (excludes halogenated alkanes) is 2. The fourth-order valence-electron chi connectivity index (χ4n) is 1.32. The molecule has 0 aliphatic heterocycles. The van der Waals surface area contributed by atoms with Gasteiger partial charge in [-0.2, -0.15) is 0 Å². The molecule has 0 atom stereocenters. The molecule has 1 N–H and O–H groups in total. The van der Waals surface area contributed by atoms with Crippen LogP contribution in [0.25, 0.3) is 0 Å².